The van der Waals surface area contributed by atoms with E-state index in [0.717, 1.165) is 29.2 Å². The van der Waals surface area contributed by atoms with Gasteiger partial charge in [0.05, 0.1) is 6.04 Å². The van der Waals surface area contributed by atoms with Crippen LogP contribution in [-0.2, 0) is 4.74 Å². The van der Waals surface area contributed by atoms with Crippen LogP contribution in [-0.4, -0.2) is 47.3 Å². The molecule has 0 N–H and O–H groups in total. The van der Waals surface area contributed by atoms with Gasteiger partial charge in [0, 0.05) is 24.5 Å². The maximum Gasteiger partial charge on any atom is 0.410 e. The highest BCUT2D eigenvalue weighted by atomic mass is 79.9. The number of carbonyl (C=O) groups is 1. The summed E-state index contributed by atoms with van der Waals surface area (Å²) in [6.45, 7) is 14.4. The number of ether oxygens (including phenoxy) is 1. The van der Waals surface area contributed by atoms with Crippen molar-refractivity contribution in [3.63, 3.8) is 0 Å². The molecule has 1 amide bonds. The van der Waals surface area contributed by atoms with Gasteiger partial charge in [-0.05, 0) is 56.0 Å². The van der Waals surface area contributed by atoms with Crippen molar-refractivity contribution in [2.45, 2.75) is 59.6 Å². The molecule has 1 aromatic heterocycles. The fourth-order valence-electron chi connectivity index (χ4n) is 2.84. The van der Waals surface area contributed by atoms with Gasteiger partial charge < -0.3 is 14.5 Å². The van der Waals surface area contributed by atoms with E-state index < -0.39 is 5.60 Å². The lowest BCUT2D eigenvalue weighted by atomic mass is 10.0. The number of hydrogen-bond donors (Lipinski definition) is 0. The summed E-state index contributed by atoms with van der Waals surface area (Å²) in [5.74, 6) is 0.518. The number of rotatable bonds is 3. The van der Waals surface area contributed by atoms with Gasteiger partial charge in [0.2, 0.25) is 0 Å². The van der Waals surface area contributed by atoms with Gasteiger partial charge >= 0.3 is 6.09 Å². The summed E-state index contributed by atoms with van der Waals surface area (Å²) in [4.78, 5) is 22.5. The summed E-state index contributed by atoms with van der Waals surface area (Å²) in [6, 6.07) is 0.150. The van der Waals surface area contributed by atoms with Crippen LogP contribution in [0.25, 0.3) is 0 Å². The Hall–Kier alpha value is -0.820. The van der Waals surface area contributed by atoms with Crippen LogP contribution >= 0.6 is 27.3 Å². The Morgan fingerprint density at radius 1 is 1.42 bits per heavy atom. The van der Waals surface area contributed by atoms with E-state index in [0.29, 0.717) is 12.5 Å². The predicted octanol–water partition coefficient (Wildman–Crippen LogP) is 4.69. The standard InChI is InChI=1S/C17H28BrN3O2S/c1-11(2)9-13-10-20(15-19-14(18)12(3)24-15)7-8-21(13)16(22)23-17(4,5)6/h11,13H,7-10H2,1-6H3/t13-/m0/s1. The monoisotopic (exact) mass is 417 g/mol. The van der Waals surface area contributed by atoms with Gasteiger partial charge in [-0.25, -0.2) is 9.78 Å². The van der Waals surface area contributed by atoms with Crippen molar-refractivity contribution in [3.8, 4) is 0 Å². The van der Waals surface area contributed by atoms with E-state index in [1.807, 2.05) is 25.7 Å². The molecule has 1 saturated heterocycles. The Bertz CT molecular complexity index is 563. The summed E-state index contributed by atoms with van der Waals surface area (Å²) in [7, 11) is 0. The molecule has 0 bridgehead atoms. The first kappa shape index (κ1) is 19.5. The van der Waals surface area contributed by atoms with E-state index in [1.54, 1.807) is 11.3 Å². The average molecular weight is 418 g/mol. The Labute approximate surface area is 157 Å². The highest BCUT2D eigenvalue weighted by Crippen LogP contribution is 2.31. The van der Waals surface area contributed by atoms with Crippen LogP contribution in [0.5, 0.6) is 0 Å². The minimum atomic E-state index is -0.464. The first-order valence-electron chi connectivity index (χ1n) is 8.44. The maximum atomic E-state index is 12.6. The zero-order valence-corrected chi connectivity index (χ0v) is 17.8. The van der Waals surface area contributed by atoms with Crippen LogP contribution in [0.3, 0.4) is 0 Å². The zero-order valence-electron chi connectivity index (χ0n) is 15.4. The third-order valence-electron chi connectivity index (χ3n) is 3.85. The summed E-state index contributed by atoms with van der Waals surface area (Å²) in [6.07, 6.45) is 0.755. The molecule has 1 aliphatic rings. The van der Waals surface area contributed by atoms with Gasteiger partial charge in [0.25, 0.3) is 0 Å². The molecule has 1 aliphatic heterocycles. The molecule has 24 heavy (non-hydrogen) atoms. The average Bonchev–Trinajstić information content (AvgIpc) is 2.76. The van der Waals surface area contributed by atoms with Crippen molar-refractivity contribution in [1.82, 2.24) is 9.88 Å². The van der Waals surface area contributed by atoms with Crippen molar-refractivity contribution in [3.05, 3.63) is 9.48 Å². The van der Waals surface area contributed by atoms with E-state index in [4.69, 9.17) is 4.74 Å². The van der Waals surface area contributed by atoms with Crippen molar-refractivity contribution in [2.75, 3.05) is 24.5 Å². The van der Waals surface area contributed by atoms with Gasteiger partial charge in [-0.1, -0.05) is 13.8 Å². The molecule has 0 unspecified atom stereocenters. The molecule has 0 aromatic carbocycles. The molecule has 7 heteroatoms. The predicted molar refractivity (Wildman–Crippen MR) is 103 cm³/mol. The molecule has 0 radical (unpaired) electrons. The first-order valence-corrected chi connectivity index (χ1v) is 10.0. The molecule has 0 spiro atoms. The number of halogens is 1. The summed E-state index contributed by atoms with van der Waals surface area (Å²) < 4.78 is 6.52. The van der Waals surface area contributed by atoms with Gasteiger partial charge in [0.15, 0.2) is 5.13 Å². The SMILES string of the molecule is Cc1sc(N2CCN(C(=O)OC(C)(C)C)[C@@H](CC(C)C)C2)nc1Br. The summed E-state index contributed by atoms with van der Waals surface area (Å²) in [5, 5.41) is 1.02. The van der Waals surface area contributed by atoms with E-state index >= 15 is 0 Å². The lowest BCUT2D eigenvalue weighted by Crippen LogP contribution is -2.56. The third kappa shape index (κ3) is 5.09. The molecule has 1 fully saturated rings. The third-order valence-corrected chi connectivity index (χ3v) is 5.92. The maximum absolute atomic E-state index is 12.6. The smallest absolute Gasteiger partial charge is 0.410 e. The lowest BCUT2D eigenvalue weighted by molar-refractivity contribution is 0.0120. The fraction of sp³-hybridized carbons (Fsp3) is 0.765. The Morgan fingerprint density at radius 3 is 2.58 bits per heavy atom. The first-order chi connectivity index (χ1) is 11.1. The number of anilines is 1. The number of aromatic nitrogens is 1. The molecule has 1 aromatic rings. The minimum absolute atomic E-state index is 0.150. The number of piperazine rings is 1. The molecule has 0 aliphatic carbocycles. The topological polar surface area (TPSA) is 45.7 Å². The number of thiazole rings is 1. The Kier molecular flexibility index (Phi) is 6.18. The Morgan fingerprint density at radius 2 is 2.08 bits per heavy atom. The van der Waals surface area contributed by atoms with E-state index in [-0.39, 0.29) is 12.1 Å². The van der Waals surface area contributed by atoms with Gasteiger partial charge in [-0.2, -0.15) is 0 Å². The number of aryl methyl sites for hydroxylation is 1. The van der Waals surface area contributed by atoms with Gasteiger partial charge in [-0.3, -0.25) is 0 Å². The molecule has 136 valence electrons. The summed E-state index contributed by atoms with van der Waals surface area (Å²) in [5.41, 5.74) is -0.464. The summed E-state index contributed by atoms with van der Waals surface area (Å²) >= 11 is 5.19. The minimum Gasteiger partial charge on any atom is -0.444 e. The van der Waals surface area contributed by atoms with Crippen LogP contribution in [0.4, 0.5) is 9.93 Å². The van der Waals surface area contributed by atoms with Gasteiger partial charge in [-0.15, -0.1) is 11.3 Å². The van der Waals surface area contributed by atoms with E-state index in [2.05, 4.69) is 46.6 Å². The van der Waals surface area contributed by atoms with Crippen LogP contribution in [0.15, 0.2) is 4.60 Å². The van der Waals surface area contributed by atoms with Gasteiger partial charge in [0.1, 0.15) is 10.2 Å². The van der Waals surface area contributed by atoms with Crippen LogP contribution in [0, 0.1) is 12.8 Å². The van der Waals surface area contributed by atoms with Crippen LogP contribution < -0.4 is 4.90 Å². The highest BCUT2D eigenvalue weighted by molar-refractivity contribution is 9.10. The van der Waals surface area contributed by atoms with Crippen molar-refractivity contribution < 1.29 is 9.53 Å². The molecular weight excluding hydrogens is 390 g/mol. The molecule has 5 nitrogen and oxygen atoms in total. The zero-order chi connectivity index (χ0) is 18.1. The number of nitrogens with zero attached hydrogens (tertiary/aromatic N) is 3. The highest BCUT2D eigenvalue weighted by Gasteiger charge is 2.34. The quantitative estimate of drug-likeness (QED) is 0.715. The largest absolute Gasteiger partial charge is 0.444 e. The van der Waals surface area contributed by atoms with Crippen molar-refractivity contribution in [1.29, 1.82) is 0 Å². The second-order valence-corrected chi connectivity index (χ2v) is 9.68. The fourth-order valence-corrected chi connectivity index (χ4v) is 4.20. The Balaban J connectivity index is 2.13. The van der Waals surface area contributed by atoms with E-state index in [9.17, 15) is 4.79 Å². The number of carbonyl (C=O) groups excluding carboxylic acids is 1. The molecule has 2 rings (SSSR count). The molecule has 2 heterocycles. The second kappa shape index (κ2) is 7.60. The van der Waals surface area contributed by atoms with Crippen LogP contribution in [0.1, 0.15) is 45.9 Å². The molecular formula is C17H28BrN3O2S. The number of hydrogen-bond acceptors (Lipinski definition) is 5. The van der Waals surface area contributed by atoms with Crippen molar-refractivity contribution >= 4 is 38.5 Å². The number of amides is 1. The molecule has 1 atom stereocenters. The molecule has 0 saturated carbocycles. The van der Waals surface area contributed by atoms with Crippen molar-refractivity contribution in [2.24, 2.45) is 5.92 Å². The van der Waals surface area contributed by atoms with E-state index in [1.165, 1.54) is 4.88 Å². The normalized spacial score (nSPS) is 19.1. The lowest BCUT2D eigenvalue weighted by Gasteiger charge is -2.42. The van der Waals surface area contributed by atoms with Crippen LogP contribution in [0.2, 0.25) is 0 Å². The second-order valence-electron chi connectivity index (χ2n) is 7.75.